The lowest BCUT2D eigenvalue weighted by Crippen LogP contribution is -1.94. The molecule has 0 fully saturated rings. The van der Waals surface area contributed by atoms with Crippen molar-refractivity contribution in [1.82, 2.24) is 0 Å². The summed E-state index contributed by atoms with van der Waals surface area (Å²) in [5, 5.41) is 8.62. The molecule has 22 heavy (non-hydrogen) atoms. The molecule has 0 aromatic heterocycles. The van der Waals surface area contributed by atoms with Crippen LogP contribution < -0.4 is 0 Å². The lowest BCUT2D eigenvalue weighted by atomic mass is 9.87. The lowest BCUT2D eigenvalue weighted by molar-refractivity contribution is 0.924. The average molecular weight is 286 g/mol. The Labute approximate surface area is 132 Å². The molecule has 0 saturated carbocycles. The van der Waals surface area contributed by atoms with Crippen LogP contribution in [0.1, 0.15) is 37.8 Å². The van der Waals surface area contributed by atoms with E-state index in [1.165, 1.54) is 62.7 Å². The standard InChI is InChI=1S/C22H22/c1-3-6-15-10-11-17-13-12-16-8-5-9-19-18(7-4-2)14-20(15)22(17)21(16)19/h5,8-14H,3-4,6-7H2,1-2H3. The zero-order valence-electron chi connectivity index (χ0n) is 13.4. The summed E-state index contributed by atoms with van der Waals surface area (Å²) in [6, 6.07) is 18.4. The molecule has 4 aromatic rings. The van der Waals surface area contributed by atoms with Crippen LogP contribution in [0.2, 0.25) is 0 Å². The number of hydrogen-bond donors (Lipinski definition) is 0. The predicted molar refractivity (Wildman–Crippen MR) is 98.1 cm³/mol. The Hall–Kier alpha value is -2.08. The maximum absolute atomic E-state index is 2.47. The Morgan fingerprint density at radius 2 is 1.27 bits per heavy atom. The SMILES string of the molecule is CCCc1cc2c(CCC)ccc3ccc4cccc1c4c32. The molecule has 0 amide bonds. The van der Waals surface area contributed by atoms with E-state index in [1.807, 2.05) is 0 Å². The summed E-state index contributed by atoms with van der Waals surface area (Å²) in [5.41, 5.74) is 3.02. The minimum Gasteiger partial charge on any atom is -0.0651 e. The van der Waals surface area contributed by atoms with Gasteiger partial charge in [-0.3, -0.25) is 0 Å². The maximum Gasteiger partial charge on any atom is -0.00238 e. The van der Waals surface area contributed by atoms with Crippen molar-refractivity contribution < 1.29 is 0 Å². The van der Waals surface area contributed by atoms with Crippen LogP contribution in [-0.2, 0) is 12.8 Å². The highest BCUT2D eigenvalue weighted by Crippen LogP contribution is 2.38. The van der Waals surface area contributed by atoms with Crippen LogP contribution in [0.15, 0.2) is 48.5 Å². The van der Waals surface area contributed by atoms with Gasteiger partial charge in [0.25, 0.3) is 0 Å². The molecule has 0 radical (unpaired) electrons. The molecule has 0 spiro atoms. The van der Waals surface area contributed by atoms with Gasteiger partial charge in [-0.25, -0.2) is 0 Å². The molecule has 0 atom stereocenters. The fraction of sp³-hybridized carbons (Fsp3) is 0.273. The van der Waals surface area contributed by atoms with Crippen LogP contribution in [0.3, 0.4) is 0 Å². The monoisotopic (exact) mass is 286 g/mol. The van der Waals surface area contributed by atoms with Crippen molar-refractivity contribution in [3.63, 3.8) is 0 Å². The van der Waals surface area contributed by atoms with Gasteiger partial charge in [0.15, 0.2) is 0 Å². The third-order valence-electron chi connectivity index (χ3n) is 4.86. The van der Waals surface area contributed by atoms with E-state index in [0.29, 0.717) is 0 Å². The van der Waals surface area contributed by atoms with Crippen LogP contribution in [-0.4, -0.2) is 0 Å². The van der Waals surface area contributed by atoms with Crippen molar-refractivity contribution in [2.24, 2.45) is 0 Å². The summed E-state index contributed by atoms with van der Waals surface area (Å²) in [7, 11) is 0. The zero-order valence-corrected chi connectivity index (χ0v) is 13.4. The first-order chi connectivity index (χ1) is 10.8. The van der Waals surface area contributed by atoms with E-state index in [0.717, 1.165) is 6.42 Å². The summed E-state index contributed by atoms with van der Waals surface area (Å²) in [6.45, 7) is 4.54. The molecule has 0 bridgehead atoms. The second-order valence-corrected chi connectivity index (χ2v) is 6.38. The Kier molecular flexibility index (Phi) is 3.26. The fourth-order valence-electron chi connectivity index (χ4n) is 3.91. The zero-order chi connectivity index (χ0) is 15.1. The van der Waals surface area contributed by atoms with E-state index in [1.54, 1.807) is 0 Å². The second kappa shape index (κ2) is 5.28. The highest BCUT2D eigenvalue weighted by Gasteiger charge is 2.13. The molecule has 0 heteroatoms. The van der Waals surface area contributed by atoms with E-state index >= 15 is 0 Å². The van der Waals surface area contributed by atoms with Gasteiger partial charge < -0.3 is 0 Å². The summed E-state index contributed by atoms with van der Waals surface area (Å²) < 4.78 is 0. The Morgan fingerprint density at radius 3 is 2.05 bits per heavy atom. The van der Waals surface area contributed by atoms with Crippen molar-refractivity contribution in [3.8, 4) is 0 Å². The van der Waals surface area contributed by atoms with Gasteiger partial charge in [-0.1, -0.05) is 75.2 Å². The largest absolute Gasteiger partial charge is 0.0651 e. The molecule has 4 aromatic carbocycles. The van der Waals surface area contributed by atoms with E-state index in [9.17, 15) is 0 Å². The van der Waals surface area contributed by atoms with E-state index in [2.05, 4.69) is 62.4 Å². The van der Waals surface area contributed by atoms with Crippen molar-refractivity contribution >= 4 is 32.3 Å². The Balaban J connectivity index is 2.23. The topological polar surface area (TPSA) is 0 Å². The van der Waals surface area contributed by atoms with Crippen LogP contribution in [0.25, 0.3) is 32.3 Å². The van der Waals surface area contributed by atoms with Gasteiger partial charge in [0.05, 0.1) is 0 Å². The molecule has 0 N–H and O–H groups in total. The number of aryl methyl sites for hydroxylation is 2. The number of hydrogen-bond acceptors (Lipinski definition) is 0. The van der Waals surface area contributed by atoms with Crippen LogP contribution in [0, 0.1) is 0 Å². The molecule has 0 saturated heterocycles. The van der Waals surface area contributed by atoms with Gasteiger partial charge in [-0.15, -0.1) is 0 Å². The van der Waals surface area contributed by atoms with Crippen LogP contribution in [0.4, 0.5) is 0 Å². The minimum absolute atomic E-state index is 1.16. The minimum atomic E-state index is 1.16. The van der Waals surface area contributed by atoms with Gasteiger partial charge in [0, 0.05) is 0 Å². The Bertz CT molecular complexity index is 931. The van der Waals surface area contributed by atoms with Crippen molar-refractivity contribution in [2.45, 2.75) is 39.5 Å². The fourth-order valence-corrected chi connectivity index (χ4v) is 3.91. The predicted octanol–water partition coefficient (Wildman–Crippen LogP) is 6.49. The molecule has 0 aliphatic rings. The van der Waals surface area contributed by atoms with E-state index < -0.39 is 0 Å². The summed E-state index contributed by atoms with van der Waals surface area (Å²) in [5.74, 6) is 0. The summed E-state index contributed by atoms with van der Waals surface area (Å²) in [6.07, 6.45) is 4.73. The quantitative estimate of drug-likeness (QED) is 0.376. The van der Waals surface area contributed by atoms with E-state index in [4.69, 9.17) is 0 Å². The molecule has 0 nitrogen and oxygen atoms in total. The molecular weight excluding hydrogens is 264 g/mol. The number of rotatable bonds is 4. The van der Waals surface area contributed by atoms with Gasteiger partial charge in [-0.2, -0.15) is 0 Å². The first kappa shape index (κ1) is 13.6. The van der Waals surface area contributed by atoms with Gasteiger partial charge in [0.1, 0.15) is 0 Å². The molecule has 0 heterocycles. The smallest absolute Gasteiger partial charge is 0.00238 e. The molecular formula is C22H22. The molecule has 0 unspecified atom stereocenters. The molecule has 110 valence electrons. The highest BCUT2D eigenvalue weighted by atomic mass is 14.2. The third-order valence-corrected chi connectivity index (χ3v) is 4.86. The van der Waals surface area contributed by atoms with Crippen LogP contribution in [0.5, 0.6) is 0 Å². The Morgan fingerprint density at radius 1 is 0.636 bits per heavy atom. The van der Waals surface area contributed by atoms with Gasteiger partial charge in [0.2, 0.25) is 0 Å². The van der Waals surface area contributed by atoms with Crippen molar-refractivity contribution in [3.05, 3.63) is 59.7 Å². The molecule has 4 rings (SSSR count). The molecule has 0 aliphatic carbocycles. The third kappa shape index (κ3) is 1.90. The lowest BCUT2D eigenvalue weighted by Gasteiger charge is -2.16. The normalized spacial score (nSPS) is 11.9. The first-order valence-corrected chi connectivity index (χ1v) is 8.51. The average Bonchev–Trinajstić information content (AvgIpc) is 2.55. The van der Waals surface area contributed by atoms with Crippen molar-refractivity contribution in [1.29, 1.82) is 0 Å². The summed E-state index contributed by atoms with van der Waals surface area (Å²) in [4.78, 5) is 0. The van der Waals surface area contributed by atoms with Crippen LogP contribution >= 0.6 is 0 Å². The second-order valence-electron chi connectivity index (χ2n) is 6.38. The first-order valence-electron chi connectivity index (χ1n) is 8.51. The van der Waals surface area contributed by atoms with Crippen molar-refractivity contribution in [2.75, 3.05) is 0 Å². The van der Waals surface area contributed by atoms with Gasteiger partial charge >= 0.3 is 0 Å². The summed E-state index contributed by atoms with van der Waals surface area (Å²) >= 11 is 0. The highest BCUT2D eigenvalue weighted by molar-refractivity contribution is 6.24. The van der Waals surface area contributed by atoms with Gasteiger partial charge in [-0.05, 0) is 56.3 Å². The maximum atomic E-state index is 2.47. The molecule has 0 aliphatic heterocycles. The number of benzene rings is 4. The van der Waals surface area contributed by atoms with E-state index in [-0.39, 0.29) is 0 Å².